The lowest BCUT2D eigenvalue weighted by Gasteiger charge is -2.27. The minimum atomic E-state index is -5.04. The maximum atomic E-state index is 11.5. The van der Waals surface area contributed by atoms with E-state index in [0.29, 0.717) is 17.8 Å². The van der Waals surface area contributed by atoms with Gasteiger partial charge < -0.3 is 24.5 Å². The maximum absolute atomic E-state index is 11.5. The first-order chi connectivity index (χ1) is 8.08. The van der Waals surface area contributed by atoms with Gasteiger partial charge in [-0.15, -0.1) is 0 Å². The van der Waals surface area contributed by atoms with Gasteiger partial charge in [-0.3, -0.25) is 9.13 Å². The van der Waals surface area contributed by atoms with Crippen LogP contribution in [0.5, 0.6) is 0 Å². The van der Waals surface area contributed by atoms with E-state index in [4.69, 9.17) is 0 Å². The molecule has 0 amide bonds. The van der Waals surface area contributed by atoms with Crippen LogP contribution in [-0.4, -0.2) is 43.0 Å². The molecule has 0 atom stereocenters. The van der Waals surface area contributed by atoms with E-state index in [2.05, 4.69) is 0 Å². The van der Waals surface area contributed by atoms with Gasteiger partial charge in [0.05, 0.1) is 0 Å². The predicted octanol–water partition coefficient (Wildman–Crippen LogP) is 0.364. The zero-order chi connectivity index (χ0) is 13.8. The number of rotatable bonds is 2. The summed E-state index contributed by atoms with van der Waals surface area (Å²) >= 11 is 0. The Hall–Kier alpha value is -0.680. The third-order valence-corrected chi connectivity index (χ3v) is 6.98. The highest BCUT2D eigenvalue weighted by molar-refractivity contribution is 7.73. The number of allylic oxidation sites excluding steroid dienone is 3. The quantitative estimate of drug-likeness (QED) is 0.543. The molecule has 0 bridgehead atoms. The van der Waals surface area contributed by atoms with Crippen LogP contribution in [0, 0.1) is 0 Å². The van der Waals surface area contributed by atoms with E-state index in [1.807, 2.05) is 0 Å². The largest absolute Gasteiger partial charge is 0.371 e. The maximum Gasteiger partial charge on any atom is 0.351 e. The molecule has 7 nitrogen and oxygen atoms in total. The molecule has 100 valence electrons. The van der Waals surface area contributed by atoms with Crippen molar-refractivity contribution in [2.24, 2.45) is 0 Å². The van der Waals surface area contributed by atoms with Gasteiger partial charge in [-0.2, -0.15) is 0 Å². The molecule has 2 aliphatic rings. The summed E-state index contributed by atoms with van der Waals surface area (Å²) in [5.74, 6) is 0. The van der Waals surface area contributed by atoms with Crippen LogP contribution in [0.4, 0.5) is 0 Å². The Morgan fingerprint density at radius 2 is 1.72 bits per heavy atom. The van der Waals surface area contributed by atoms with E-state index in [9.17, 15) is 28.7 Å². The van der Waals surface area contributed by atoms with Crippen LogP contribution in [0.15, 0.2) is 35.6 Å². The summed E-state index contributed by atoms with van der Waals surface area (Å²) in [6.07, 6.45) is 5.29. The smallest absolute Gasteiger partial charge is 0.351 e. The molecule has 2 rings (SSSR count). The molecule has 1 heterocycles. The second kappa shape index (κ2) is 3.90. The van der Waals surface area contributed by atoms with Crippen molar-refractivity contribution in [2.75, 3.05) is 13.6 Å². The first kappa shape index (κ1) is 13.7. The number of nitrogens with zero attached hydrogens (tertiary/aromatic N) is 1. The van der Waals surface area contributed by atoms with Gasteiger partial charge >= 0.3 is 15.2 Å². The average molecular weight is 293 g/mol. The van der Waals surface area contributed by atoms with Crippen LogP contribution in [0.2, 0.25) is 0 Å². The molecule has 0 aromatic rings. The summed E-state index contributed by atoms with van der Waals surface area (Å²) in [5.41, 5.74) is 0.833. The lowest BCUT2D eigenvalue weighted by molar-refractivity contribution is 0.333. The Balaban J connectivity index is 2.70. The predicted molar refractivity (Wildman–Crippen MR) is 64.8 cm³/mol. The topological polar surface area (TPSA) is 118 Å². The second-order valence-electron chi connectivity index (χ2n) is 4.28. The molecule has 9 heteroatoms. The molecule has 18 heavy (non-hydrogen) atoms. The minimum absolute atomic E-state index is 0.412. The van der Waals surface area contributed by atoms with Crippen molar-refractivity contribution in [2.45, 2.75) is 4.90 Å². The zero-order valence-electron chi connectivity index (χ0n) is 9.46. The Morgan fingerprint density at radius 1 is 1.17 bits per heavy atom. The Labute approximate surface area is 103 Å². The standard InChI is InChI=1S/C9H13NO6P2/c1-10-4-2-3-7-5-9(6-8(7)10,17(11,12)13)18(14,15)16/h2-3,5-6H,4H2,1H3,(H2,11,12,13)(H2,14,15,16). The minimum Gasteiger partial charge on any atom is -0.371 e. The number of hydrogen-bond acceptors (Lipinski definition) is 3. The first-order valence-electron chi connectivity index (χ1n) is 5.03. The third-order valence-electron chi connectivity index (χ3n) is 3.03. The number of likely N-dealkylation sites (N-methyl/N-ethyl adjacent to an activating group) is 1. The fourth-order valence-corrected chi connectivity index (χ4v) is 4.59. The van der Waals surface area contributed by atoms with Crippen molar-refractivity contribution >= 4 is 15.2 Å². The summed E-state index contributed by atoms with van der Waals surface area (Å²) in [7, 11) is -8.41. The fourth-order valence-electron chi connectivity index (χ4n) is 2.04. The Kier molecular flexibility index (Phi) is 2.98. The van der Waals surface area contributed by atoms with E-state index in [1.165, 1.54) is 0 Å². The Bertz CT molecular complexity index is 544. The molecule has 0 spiro atoms. The molecule has 0 unspecified atom stereocenters. The van der Waals surface area contributed by atoms with Crippen LogP contribution < -0.4 is 0 Å². The van der Waals surface area contributed by atoms with Crippen LogP contribution in [0.1, 0.15) is 0 Å². The molecule has 1 aliphatic heterocycles. The molecule has 0 fully saturated rings. The van der Waals surface area contributed by atoms with Crippen molar-refractivity contribution in [3.8, 4) is 0 Å². The Morgan fingerprint density at radius 3 is 2.17 bits per heavy atom. The normalized spacial score (nSPS) is 22.6. The summed E-state index contributed by atoms with van der Waals surface area (Å²) in [6.45, 7) is 0.515. The highest BCUT2D eigenvalue weighted by Crippen LogP contribution is 2.72. The average Bonchev–Trinajstić information content (AvgIpc) is 2.57. The van der Waals surface area contributed by atoms with Crippen molar-refractivity contribution in [3.63, 3.8) is 0 Å². The molecule has 0 saturated heterocycles. The van der Waals surface area contributed by atoms with Crippen LogP contribution in [0.25, 0.3) is 0 Å². The number of hydrogen-bond donors (Lipinski definition) is 4. The SMILES string of the molecule is CN1CC=CC2=CC(P(=O)(O)O)(P(=O)(O)O)C=C21. The van der Waals surface area contributed by atoms with Gasteiger partial charge in [0.1, 0.15) is 0 Å². The fraction of sp³-hybridized carbons (Fsp3) is 0.333. The number of fused-ring (bicyclic) bond motifs is 1. The summed E-state index contributed by atoms with van der Waals surface area (Å²) in [6, 6.07) is 0. The summed E-state index contributed by atoms with van der Waals surface area (Å²) < 4.78 is 23.0. The molecule has 0 aromatic heterocycles. The first-order valence-corrected chi connectivity index (χ1v) is 8.26. The van der Waals surface area contributed by atoms with E-state index < -0.39 is 20.1 Å². The summed E-state index contributed by atoms with van der Waals surface area (Å²) in [4.78, 5) is 36.4. The van der Waals surface area contributed by atoms with Crippen LogP contribution in [-0.2, 0) is 9.13 Å². The van der Waals surface area contributed by atoms with Gasteiger partial charge in [-0.1, -0.05) is 12.2 Å². The highest BCUT2D eigenvalue weighted by Gasteiger charge is 2.60. The van der Waals surface area contributed by atoms with Gasteiger partial charge in [0.2, 0.25) is 4.90 Å². The van der Waals surface area contributed by atoms with Gasteiger partial charge in [0.15, 0.2) is 0 Å². The van der Waals surface area contributed by atoms with E-state index in [0.717, 1.165) is 12.2 Å². The van der Waals surface area contributed by atoms with Crippen LogP contribution >= 0.6 is 15.2 Å². The molecule has 1 aliphatic carbocycles. The van der Waals surface area contributed by atoms with Gasteiger partial charge in [0.25, 0.3) is 0 Å². The van der Waals surface area contributed by atoms with Gasteiger partial charge in [-0.25, -0.2) is 0 Å². The van der Waals surface area contributed by atoms with Crippen molar-refractivity contribution in [1.82, 2.24) is 4.90 Å². The molecule has 0 saturated carbocycles. The monoisotopic (exact) mass is 293 g/mol. The molecular weight excluding hydrogens is 280 g/mol. The lowest BCUT2D eigenvalue weighted by Crippen LogP contribution is -2.24. The van der Waals surface area contributed by atoms with E-state index >= 15 is 0 Å². The van der Waals surface area contributed by atoms with Gasteiger partial charge in [-0.05, 0) is 17.7 Å². The molecule has 4 N–H and O–H groups in total. The van der Waals surface area contributed by atoms with Gasteiger partial charge in [0, 0.05) is 19.3 Å². The van der Waals surface area contributed by atoms with E-state index in [-0.39, 0.29) is 0 Å². The van der Waals surface area contributed by atoms with Crippen molar-refractivity contribution < 1.29 is 28.7 Å². The lowest BCUT2D eigenvalue weighted by atomic mass is 10.1. The molecular formula is C9H13NO6P2. The van der Waals surface area contributed by atoms with E-state index in [1.54, 1.807) is 24.1 Å². The molecule has 0 aromatic carbocycles. The highest BCUT2D eigenvalue weighted by atomic mass is 31.2. The summed E-state index contributed by atoms with van der Waals surface area (Å²) in [5, 5.41) is 0. The molecule has 0 radical (unpaired) electrons. The van der Waals surface area contributed by atoms with Crippen molar-refractivity contribution in [1.29, 1.82) is 0 Å². The zero-order valence-corrected chi connectivity index (χ0v) is 11.3. The second-order valence-corrected chi connectivity index (χ2v) is 8.29. The van der Waals surface area contributed by atoms with Crippen LogP contribution in [0.3, 0.4) is 0 Å². The van der Waals surface area contributed by atoms with Crippen molar-refractivity contribution in [3.05, 3.63) is 35.6 Å². The third kappa shape index (κ3) is 1.84.